The lowest BCUT2D eigenvalue weighted by Crippen LogP contribution is -2.46. The molecule has 3 heterocycles. The number of hydrogen-bond donors (Lipinski definition) is 9. The quantitative estimate of drug-likeness (QED) is 0.0500. The maximum atomic E-state index is 12.7. The molecule has 24 nitrogen and oxygen atoms in total. The lowest BCUT2D eigenvalue weighted by atomic mass is 9.87. The van der Waals surface area contributed by atoms with Gasteiger partial charge in [0.05, 0.1) is 19.5 Å². The first-order valence-corrected chi connectivity index (χ1v) is 23.2. The van der Waals surface area contributed by atoms with Gasteiger partial charge >= 0.3 is 23.5 Å². The summed E-state index contributed by atoms with van der Waals surface area (Å²) in [5, 5.41) is 26.6. The molecule has 1 aliphatic heterocycles. The van der Waals surface area contributed by atoms with Crippen LogP contribution < -0.4 is 16.4 Å². The van der Waals surface area contributed by atoms with E-state index < -0.39 is 84.6 Å². The second kappa shape index (κ2) is 20.2. The summed E-state index contributed by atoms with van der Waals surface area (Å²) in [6, 6.07) is 0. The van der Waals surface area contributed by atoms with Crippen LogP contribution in [-0.4, -0.2) is 123 Å². The highest BCUT2D eigenvalue weighted by molar-refractivity contribution is 8.13. The van der Waals surface area contributed by atoms with Crippen molar-refractivity contribution in [2.45, 2.75) is 89.4 Å². The van der Waals surface area contributed by atoms with Gasteiger partial charge in [-0.15, -0.1) is 0 Å². The number of carbonyl (C=O) groups excluding carboxylic acids is 3. The number of phosphoric acid groups is 3. The molecule has 2 fully saturated rings. The van der Waals surface area contributed by atoms with Crippen LogP contribution in [0.2, 0.25) is 0 Å². The second-order valence-corrected chi connectivity index (χ2v) is 19.3. The van der Waals surface area contributed by atoms with Crippen molar-refractivity contribution in [2.24, 2.45) is 11.3 Å². The highest BCUT2D eigenvalue weighted by Gasteiger charge is 2.50. The molecule has 7 atom stereocenters. The van der Waals surface area contributed by atoms with E-state index in [1.54, 1.807) is 0 Å². The van der Waals surface area contributed by atoms with E-state index in [0.29, 0.717) is 5.75 Å². The van der Waals surface area contributed by atoms with Gasteiger partial charge in [-0.1, -0.05) is 51.3 Å². The van der Waals surface area contributed by atoms with Crippen molar-refractivity contribution in [1.82, 2.24) is 30.2 Å². The number of thioether (sulfide) groups is 1. The van der Waals surface area contributed by atoms with E-state index in [2.05, 4.69) is 34.4 Å². The van der Waals surface area contributed by atoms with E-state index in [4.69, 9.17) is 19.5 Å². The number of nitrogens with one attached hydrogen (secondary N) is 2. The summed E-state index contributed by atoms with van der Waals surface area (Å²) in [6.07, 6.45) is -0.745. The van der Waals surface area contributed by atoms with Gasteiger partial charge in [-0.25, -0.2) is 28.6 Å². The van der Waals surface area contributed by atoms with Gasteiger partial charge in [0.15, 0.2) is 22.8 Å². The van der Waals surface area contributed by atoms with Crippen molar-refractivity contribution in [3.8, 4) is 0 Å². The summed E-state index contributed by atoms with van der Waals surface area (Å²) in [5.41, 5.74) is 4.28. The van der Waals surface area contributed by atoms with E-state index in [1.165, 1.54) is 25.6 Å². The van der Waals surface area contributed by atoms with Crippen molar-refractivity contribution in [3.05, 3.63) is 12.7 Å². The molecule has 0 spiro atoms. The summed E-state index contributed by atoms with van der Waals surface area (Å²) in [6.45, 7) is 0.588. The molecule has 1 saturated carbocycles. The molecular formula is C29H48N7O17P3S. The Morgan fingerprint density at radius 2 is 1.68 bits per heavy atom. The van der Waals surface area contributed by atoms with E-state index in [1.807, 2.05) is 0 Å². The summed E-state index contributed by atoms with van der Waals surface area (Å²) >= 11 is 1.19. The predicted octanol–water partition coefficient (Wildman–Crippen LogP) is 0.635. The van der Waals surface area contributed by atoms with Crippen LogP contribution in [0.5, 0.6) is 0 Å². The number of aliphatic hydroxyl groups is 2. The molecule has 2 aromatic rings. The van der Waals surface area contributed by atoms with Crippen molar-refractivity contribution in [2.75, 3.05) is 37.8 Å². The number of nitrogen functional groups attached to an aromatic ring is 1. The fraction of sp³-hybridized carbons (Fsp3) is 0.724. The summed E-state index contributed by atoms with van der Waals surface area (Å²) in [7, 11) is -16.4. The maximum absolute atomic E-state index is 12.7. The first-order chi connectivity index (χ1) is 26.6. The Balaban J connectivity index is 1.22. The first-order valence-electron chi connectivity index (χ1n) is 17.6. The minimum Gasteiger partial charge on any atom is -0.386 e. The molecule has 322 valence electrons. The molecule has 4 rings (SSSR count). The minimum atomic E-state index is -5.57. The first kappa shape index (κ1) is 47.2. The van der Waals surface area contributed by atoms with Crippen molar-refractivity contribution in [3.63, 3.8) is 0 Å². The van der Waals surface area contributed by atoms with Gasteiger partial charge in [-0.3, -0.25) is 32.5 Å². The fourth-order valence-corrected chi connectivity index (χ4v) is 9.62. The molecule has 28 heteroatoms. The lowest BCUT2D eigenvalue weighted by Gasteiger charge is -2.30. The molecular weight excluding hydrogens is 843 g/mol. The number of rotatable bonds is 20. The monoisotopic (exact) mass is 891 g/mol. The average Bonchev–Trinajstić information content (AvgIpc) is 3.54. The number of aliphatic hydroxyl groups excluding tert-OH is 2. The highest BCUT2D eigenvalue weighted by atomic mass is 32.2. The molecule has 2 aromatic heterocycles. The van der Waals surface area contributed by atoms with Crippen LogP contribution in [0.4, 0.5) is 5.82 Å². The van der Waals surface area contributed by atoms with Crippen molar-refractivity contribution in [1.29, 1.82) is 0 Å². The molecule has 0 bridgehead atoms. The number of imidazole rings is 1. The number of fused-ring (bicyclic) bond motifs is 1. The Labute approximate surface area is 330 Å². The number of ether oxygens (including phenoxy) is 1. The van der Waals surface area contributed by atoms with Crippen molar-refractivity contribution < 1.29 is 80.5 Å². The Hall–Kier alpha value is -2.44. The number of phosphoric ester groups is 3. The van der Waals surface area contributed by atoms with Crippen LogP contribution in [0.15, 0.2) is 12.7 Å². The molecule has 0 aromatic carbocycles. The van der Waals surface area contributed by atoms with Gasteiger partial charge in [0.1, 0.15) is 36.3 Å². The molecule has 2 unspecified atom stereocenters. The Morgan fingerprint density at radius 1 is 1.02 bits per heavy atom. The van der Waals surface area contributed by atoms with E-state index in [0.717, 1.165) is 55.7 Å². The second-order valence-electron chi connectivity index (χ2n) is 13.9. The van der Waals surface area contributed by atoms with Crippen LogP contribution in [-0.2, 0) is 50.7 Å². The Bertz CT molecular complexity index is 1860. The summed E-state index contributed by atoms with van der Waals surface area (Å²) < 4.78 is 62.2. The smallest absolute Gasteiger partial charge is 0.386 e. The number of nitrogens with zero attached hydrogens (tertiary/aromatic N) is 4. The number of nitrogens with two attached hydrogens (primary N) is 1. The normalized spacial score (nSPS) is 23.6. The van der Waals surface area contributed by atoms with Crippen LogP contribution in [0.25, 0.3) is 11.2 Å². The zero-order valence-corrected chi connectivity index (χ0v) is 34.4. The molecule has 2 amide bonds. The summed E-state index contributed by atoms with van der Waals surface area (Å²) in [5.74, 6) is -0.957. The number of anilines is 1. The molecule has 57 heavy (non-hydrogen) atoms. The average molecular weight is 892 g/mol. The van der Waals surface area contributed by atoms with E-state index in [9.17, 15) is 57.9 Å². The number of carbonyl (C=O) groups is 3. The van der Waals surface area contributed by atoms with Gasteiger partial charge in [0.2, 0.25) is 11.8 Å². The van der Waals surface area contributed by atoms with Crippen LogP contribution in [0.1, 0.15) is 65.0 Å². The van der Waals surface area contributed by atoms with Crippen LogP contribution >= 0.6 is 35.2 Å². The maximum Gasteiger partial charge on any atom is 0.481 e. The van der Waals surface area contributed by atoms with Crippen molar-refractivity contribution >= 4 is 69.1 Å². The van der Waals surface area contributed by atoms with Crippen LogP contribution in [0, 0.1) is 11.3 Å². The third-order valence-corrected chi connectivity index (χ3v) is 13.1. The predicted molar refractivity (Wildman–Crippen MR) is 198 cm³/mol. The zero-order chi connectivity index (χ0) is 42.2. The van der Waals surface area contributed by atoms with Gasteiger partial charge in [0, 0.05) is 36.6 Å². The lowest BCUT2D eigenvalue weighted by molar-refractivity contribution is -0.137. The standard InChI is InChI=1S/C29H48N7O17P3S/c1-29(2,23(39)26(40)32-10-9-19(37)31-11-12-57-28(41)17-7-5-3-4-6-8-17)14-50-56(47,48)53-55(45,46)49-13-18-22(52-54(42,43)44)21(38)27(51-18)36-16-35-20-24(30)33-15-34-25(20)36/h15-18,21-23,27,38-39H,3-14H2,1-2H3,(H,31,37)(H,32,40)(H,45,46)(H,47,48)(H2,30,33,34)(H2,42,43,44)/t18-,21-,22-,23+,27-/m1/s1. The third-order valence-electron chi connectivity index (χ3n) is 8.93. The fourth-order valence-electron chi connectivity index (χ4n) is 5.91. The third kappa shape index (κ3) is 14.1. The molecule has 10 N–H and O–H groups in total. The minimum absolute atomic E-state index is 0.0334. The largest absolute Gasteiger partial charge is 0.481 e. The molecule has 2 aliphatic rings. The zero-order valence-electron chi connectivity index (χ0n) is 30.9. The summed E-state index contributed by atoms with van der Waals surface area (Å²) in [4.78, 5) is 88.2. The topological polar surface area (TPSA) is 364 Å². The number of amides is 2. The molecule has 1 saturated heterocycles. The molecule has 0 radical (unpaired) electrons. The van der Waals surface area contributed by atoms with Gasteiger partial charge in [0.25, 0.3) is 0 Å². The Kier molecular flexibility index (Phi) is 16.8. The highest BCUT2D eigenvalue weighted by Crippen LogP contribution is 2.61. The van der Waals surface area contributed by atoms with E-state index >= 15 is 0 Å². The molecule has 1 aliphatic carbocycles. The Morgan fingerprint density at radius 3 is 2.35 bits per heavy atom. The van der Waals surface area contributed by atoms with E-state index in [-0.39, 0.29) is 47.5 Å². The number of aromatic nitrogens is 4. The van der Waals surface area contributed by atoms with Gasteiger partial charge in [-0.05, 0) is 12.8 Å². The number of hydrogen-bond acceptors (Lipinski definition) is 18. The van der Waals surface area contributed by atoms with Gasteiger partial charge in [-0.2, -0.15) is 4.31 Å². The van der Waals surface area contributed by atoms with Gasteiger partial charge < -0.3 is 50.9 Å². The SMILES string of the molecule is CC(C)(COP(=O)(O)OP(=O)(O)OC[C@H]1O[C@@H](n2cnc3c(N)ncnc32)[C@H](O)[C@@H]1OP(=O)(O)O)[C@@H](O)C(=O)NCCC(=O)NCCSC(=O)C1CCCCCC1. The van der Waals surface area contributed by atoms with Crippen LogP contribution in [0.3, 0.4) is 0 Å².